The average Bonchev–Trinajstić information content (AvgIpc) is 3.62. The third kappa shape index (κ3) is 5.25. The summed E-state index contributed by atoms with van der Waals surface area (Å²) >= 11 is 1.29. The van der Waals surface area contributed by atoms with E-state index in [2.05, 4.69) is 52.0 Å². The highest BCUT2D eigenvalue weighted by Crippen LogP contribution is 2.33. The number of carbonyl (C=O) groups is 2. The largest absolute Gasteiger partial charge is 0.454 e. The van der Waals surface area contributed by atoms with Crippen LogP contribution in [-0.4, -0.2) is 79.6 Å². The number of aromatic nitrogens is 4. The molecule has 43 heavy (non-hydrogen) atoms. The average molecular weight is 595 g/mol. The van der Waals surface area contributed by atoms with Crippen molar-refractivity contribution < 1.29 is 19.1 Å². The van der Waals surface area contributed by atoms with Gasteiger partial charge in [-0.3, -0.25) is 9.59 Å². The molecule has 11 heteroatoms. The predicted molar refractivity (Wildman–Crippen MR) is 163 cm³/mol. The summed E-state index contributed by atoms with van der Waals surface area (Å²) in [4.78, 5) is 34.9. The van der Waals surface area contributed by atoms with E-state index in [0.29, 0.717) is 48.4 Å². The van der Waals surface area contributed by atoms with E-state index in [1.54, 1.807) is 18.2 Å². The molecule has 2 aliphatic rings. The Kier molecular flexibility index (Phi) is 7.10. The maximum absolute atomic E-state index is 13.2. The van der Waals surface area contributed by atoms with Crippen LogP contribution in [0.2, 0.25) is 0 Å². The van der Waals surface area contributed by atoms with E-state index in [-0.39, 0.29) is 30.4 Å². The molecule has 1 atom stereocenters. The van der Waals surface area contributed by atoms with Crippen molar-refractivity contribution in [1.29, 1.82) is 0 Å². The van der Waals surface area contributed by atoms with Gasteiger partial charge in [0.2, 0.25) is 17.9 Å². The van der Waals surface area contributed by atoms with Crippen LogP contribution < -0.4 is 9.47 Å². The Labute approximate surface area is 252 Å². The lowest BCUT2D eigenvalue weighted by atomic mass is 10.1. The van der Waals surface area contributed by atoms with Crippen molar-refractivity contribution in [2.75, 3.05) is 32.2 Å². The fourth-order valence-electron chi connectivity index (χ4n) is 5.74. The molecule has 10 nitrogen and oxygen atoms in total. The van der Waals surface area contributed by atoms with Crippen molar-refractivity contribution in [1.82, 2.24) is 29.5 Å². The van der Waals surface area contributed by atoms with Crippen LogP contribution in [0.5, 0.6) is 11.5 Å². The zero-order valence-electron chi connectivity index (χ0n) is 23.9. The van der Waals surface area contributed by atoms with Gasteiger partial charge in [-0.15, -0.1) is 10.2 Å². The minimum Gasteiger partial charge on any atom is -0.454 e. The van der Waals surface area contributed by atoms with Crippen molar-refractivity contribution in [2.45, 2.75) is 31.6 Å². The number of carbonyl (C=O) groups excluding carboxylic acids is 2. The third-order valence-corrected chi connectivity index (χ3v) is 8.79. The summed E-state index contributed by atoms with van der Waals surface area (Å²) < 4.78 is 12.9. The molecule has 1 unspecified atom stereocenters. The predicted octanol–water partition coefficient (Wildman–Crippen LogP) is 4.53. The highest BCUT2D eigenvalue weighted by Gasteiger charge is 2.31. The second-order valence-corrected chi connectivity index (χ2v) is 11.8. The number of benzene rings is 3. The van der Waals surface area contributed by atoms with Crippen molar-refractivity contribution in [3.8, 4) is 11.5 Å². The molecule has 218 valence electrons. The monoisotopic (exact) mass is 594 g/mol. The molecular formula is C32H30N6O4S. The first-order valence-electron chi connectivity index (χ1n) is 14.2. The molecule has 2 aliphatic heterocycles. The SMILES string of the molecule is Cc1ccc2c(c1)c1nnc(SCC(=O)N3CCN(C(=O)c4ccc5c(c4)OCO5)C(C)C3)nc1n2Cc1ccccc1. The first-order valence-corrected chi connectivity index (χ1v) is 15.2. The molecule has 0 radical (unpaired) electrons. The smallest absolute Gasteiger partial charge is 0.254 e. The number of amides is 2. The summed E-state index contributed by atoms with van der Waals surface area (Å²) in [6.07, 6.45) is 0. The van der Waals surface area contributed by atoms with E-state index in [1.807, 2.05) is 34.9 Å². The van der Waals surface area contributed by atoms with Gasteiger partial charge in [0.05, 0.1) is 11.3 Å². The van der Waals surface area contributed by atoms with Crippen LogP contribution in [0.25, 0.3) is 22.1 Å². The fraction of sp³-hybridized carbons (Fsp3) is 0.281. The highest BCUT2D eigenvalue weighted by atomic mass is 32.2. The summed E-state index contributed by atoms with van der Waals surface area (Å²) in [6, 6.07) is 21.7. The van der Waals surface area contributed by atoms with E-state index in [0.717, 1.165) is 33.2 Å². The van der Waals surface area contributed by atoms with Gasteiger partial charge in [0.1, 0.15) is 5.52 Å². The van der Waals surface area contributed by atoms with Gasteiger partial charge in [-0.05, 0) is 49.7 Å². The standard InChI is InChI=1S/C32H30N6O4S/c1-20-8-10-25-24(14-20)29-30(38(25)17-22-6-4-3-5-7-22)33-32(35-34-29)43-18-28(39)36-12-13-37(21(2)16-36)31(40)23-9-11-26-27(15-23)42-19-41-26/h3-11,14-15,21H,12-13,16-19H2,1-2H3. The Morgan fingerprint density at radius 2 is 1.81 bits per heavy atom. The lowest BCUT2D eigenvalue weighted by Crippen LogP contribution is -2.55. The molecule has 0 bridgehead atoms. The summed E-state index contributed by atoms with van der Waals surface area (Å²) in [6.45, 7) is 6.21. The van der Waals surface area contributed by atoms with Gasteiger partial charge in [-0.1, -0.05) is 53.7 Å². The number of thioether (sulfide) groups is 1. The molecule has 1 saturated heterocycles. The Bertz CT molecular complexity index is 1860. The maximum Gasteiger partial charge on any atom is 0.254 e. The second kappa shape index (κ2) is 11.2. The van der Waals surface area contributed by atoms with E-state index < -0.39 is 0 Å². The van der Waals surface area contributed by atoms with Crippen molar-refractivity contribution in [3.63, 3.8) is 0 Å². The lowest BCUT2D eigenvalue weighted by molar-refractivity contribution is -0.130. The fourth-order valence-corrected chi connectivity index (χ4v) is 6.43. The van der Waals surface area contributed by atoms with Gasteiger partial charge in [0, 0.05) is 43.2 Å². The van der Waals surface area contributed by atoms with Crippen LogP contribution in [0.15, 0.2) is 71.9 Å². The van der Waals surface area contributed by atoms with Gasteiger partial charge >= 0.3 is 0 Å². The van der Waals surface area contributed by atoms with E-state index >= 15 is 0 Å². The van der Waals surface area contributed by atoms with Gasteiger partial charge in [-0.2, -0.15) is 0 Å². The molecule has 0 N–H and O–H groups in total. The molecule has 7 rings (SSSR count). The van der Waals surface area contributed by atoms with Crippen LogP contribution in [0.3, 0.4) is 0 Å². The van der Waals surface area contributed by atoms with Gasteiger partial charge in [-0.25, -0.2) is 4.98 Å². The van der Waals surface area contributed by atoms with Crippen LogP contribution in [0, 0.1) is 6.92 Å². The molecular weight excluding hydrogens is 564 g/mol. The van der Waals surface area contributed by atoms with Crippen LogP contribution >= 0.6 is 11.8 Å². The molecule has 0 aliphatic carbocycles. The van der Waals surface area contributed by atoms with Gasteiger partial charge in [0.25, 0.3) is 5.91 Å². The molecule has 0 saturated carbocycles. The Morgan fingerprint density at radius 1 is 0.977 bits per heavy atom. The number of nitrogens with zero attached hydrogens (tertiary/aromatic N) is 6. The normalized spacial score (nSPS) is 16.3. The molecule has 2 aromatic heterocycles. The molecule has 5 aromatic rings. The maximum atomic E-state index is 13.2. The molecule has 1 fully saturated rings. The van der Waals surface area contributed by atoms with Crippen LogP contribution in [0.1, 0.15) is 28.4 Å². The van der Waals surface area contributed by atoms with E-state index in [9.17, 15) is 9.59 Å². The van der Waals surface area contributed by atoms with E-state index in [1.165, 1.54) is 11.8 Å². The first kappa shape index (κ1) is 27.2. The number of rotatable bonds is 6. The number of fused-ring (bicyclic) bond motifs is 4. The molecule has 3 aromatic carbocycles. The lowest BCUT2D eigenvalue weighted by Gasteiger charge is -2.40. The van der Waals surface area contributed by atoms with Gasteiger partial charge < -0.3 is 23.8 Å². The van der Waals surface area contributed by atoms with Crippen LogP contribution in [-0.2, 0) is 11.3 Å². The summed E-state index contributed by atoms with van der Waals surface area (Å²) in [5.41, 5.74) is 5.40. The minimum absolute atomic E-state index is 0.0174. The third-order valence-electron chi connectivity index (χ3n) is 7.97. The number of ether oxygens (including phenoxy) is 2. The second-order valence-electron chi connectivity index (χ2n) is 10.9. The Balaban J connectivity index is 1.04. The molecule has 4 heterocycles. The zero-order valence-corrected chi connectivity index (χ0v) is 24.7. The van der Waals surface area contributed by atoms with Crippen LogP contribution in [0.4, 0.5) is 0 Å². The van der Waals surface area contributed by atoms with Crippen molar-refractivity contribution in [3.05, 3.63) is 83.4 Å². The summed E-state index contributed by atoms with van der Waals surface area (Å²) in [7, 11) is 0. The summed E-state index contributed by atoms with van der Waals surface area (Å²) in [5.74, 6) is 1.31. The Morgan fingerprint density at radius 3 is 2.65 bits per heavy atom. The molecule has 2 amide bonds. The number of aryl methyl sites for hydroxylation is 1. The zero-order chi connectivity index (χ0) is 29.5. The quantitative estimate of drug-likeness (QED) is 0.264. The minimum atomic E-state index is -0.132. The van der Waals surface area contributed by atoms with E-state index in [4.69, 9.17) is 14.5 Å². The van der Waals surface area contributed by atoms with Crippen molar-refractivity contribution >= 4 is 45.6 Å². The number of piperazine rings is 1. The molecule has 0 spiro atoms. The highest BCUT2D eigenvalue weighted by molar-refractivity contribution is 7.99. The number of hydrogen-bond donors (Lipinski definition) is 0. The summed E-state index contributed by atoms with van der Waals surface area (Å²) in [5, 5.41) is 10.4. The topological polar surface area (TPSA) is 103 Å². The Hall–Kier alpha value is -4.64. The van der Waals surface area contributed by atoms with Gasteiger partial charge in [0.15, 0.2) is 17.1 Å². The van der Waals surface area contributed by atoms with Crippen molar-refractivity contribution in [2.24, 2.45) is 0 Å². The number of hydrogen-bond acceptors (Lipinski definition) is 8. The first-order chi connectivity index (χ1) is 20.9.